The Hall–Kier alpha value is -2.40. The van der Waals surface area contributed by atoms with Crippen LogP contribution in [0.1, 0.15) is 46.9 Å². The molecule has 2 heterocycles. The van der Waals surface area contributed by atoms with E-state index in [0.29, 0.717) is 20.2 Å². The van der Waals surface area contributed by atoms with Gasteiger partial charge in [0.1, 0.15) is 0 Å². The summed E-state index contributed by atoms with van der Waals surface area (Å²) in [6.45, 7) is 3.14. The van der Waals surface area contributed by atoms with Gasteiger partial charge >= 0.3 is 17.8 Å². The molecular formula is C27H22F6O2S2. The normalized spacial score (nSPS) is 20.2. The Balaban J connectivity index is 1.98. The number of benzene rings is 2. The fraction of sp³-hybridized carbons (Fsp3) is 0.333. The monoisotopic (exact) mass is 556 g/mol. The van der Waals surface area contributed by atoms with Gasteiger partial charge in [0, 0.05) is 44.5 Å². The lowest BCUT2D eigenvalue weighted by molar-refractivity contribution is -0.254. The van der Waals surface area contributed by atoms with Crippen LogP contribution in [0.15, 0.2) is 48.5 Å². The number of methoxy groups -OCH3 is 2. The summed E-state index contributed by atoms with van der Waals surface area (Å²) in [5.74, 6) is -16.0. The maximum Gasteiger partial charge on any atom is 0.380 e. The lowest BCUT2D eigenvalue weighted by atomic mass is 9.95. The average Bonchev–Trinajstić information content (AvgIpc) is 3.46. The molecule has 1 aliphatic carbocycles. The summed E-state index contributed by atoms with van der Waals surface area (Å²) in [4.78, 5) is -0.665. The van der Waals surface area contributed by atoms with Crippen LogP contribution in [0.3, 0.4) is 0 Å². The second kappa shape index (κ2) is 8.83. The van der Waals surface area contributed by atoms with Crippen molar-refractivity contribution < 1.29 is 35.8 Å². The Kier molecular flexibility index (Phi) is 6.26. The number of fused-ring (bicyclic) bond motifs is 2. The van der Waals surface area contributed by atoms with Crippen molar-refractivity contribution in [3.8, 4) is 0 Å². The van der Waals surface area contributed by atoms with E-state index in [-0.39, 0.29) is 20.9 Å². The molecule has 0 aliphatic heterocycles. The number of hydrogen-bond acceptors (Lipinski definition) is 4. The van der Waals surface area contributed by atoms with E-state index in [4.69, 9.17) is 9.47 Å². The minimum absolute atomic E-state index is 0.172. The van der Waals surface area contributed by atoms with Crippen molar-refractivity contribution in [1.29, 1.82) is 0 Å². The molecule has 2 aromatic carbocycles. The fourth-order valence-corrected chi connectivity index (χ4v) is 7.63. The third-order valence-electron chi connectivity index (χ3n) is 6.91. The van der Waals surface area contributed by atoms with Gasteiger partial charge in [-0.15, -0.1) is 22.7 Å². The molecule has 10 heteroatoms. The van der Waals surface area contributed by atoms with E-state index < -0.39 is 41.1 Å². The van der Waals surface area contributed by atoms with Crippen LogP contribution in [0.25, 0.3) is 31.3 Å². The third-order valence-corrected chi connectivity index (χ3v) is 9.32. The van der Waals surface area contributed by atoms with E-state index in [0.717, 1.165) is 22.7 Å². The smallest absolute Gasteiger partial charge is 0.377 e. The number of allylic oxidation sites excluding steroid dienone is 2. The standard InChI is InChI=1S/C27H22F6O2S2/c1-13(34-3)19-15-9-5-7-11-17(15)36-23(19)21-22(26(30,31)27(32,33)25(21,28)29)24-20(14(2)35-4)16-10-6-8-12-18(16)37-24/h5-14H,1-4H3. The van der Waals surface area contributed by atoms with E-state index in [2.05, 4.69) is 0 Å². The Morgan fingerprint density at radius 3 is 1.32 bits per heavy atom. The van der Waals surface area contributed by atoms with Crippen molar-refractivity contribution in [2.45, 2.75) is 43.8 Å². The SMILES string of the molecule is COC(C)c1c(C2=C(c3sc4ccccc4c3C(C)OC)C(F)(F)C(F)(F)C2(F)F)sc2ccccc12. The minimum atomic E-state index is -5.65. The van der Waals surface area contributed by atoms with Gasteiger partial charge in [-0.25, -0.2) is 0 Å². The molecule has 196 valence electrons. The first-order valence-corrected chi connectivity index (χ1v) is 13.0. The first-order valence-electron chi connectivity index (χ1n) is 11.4. The van der Waals surface area contributed by atoms with Gasteiger partial charge in [0.15, 0.2) is 0 Å². The van der Waals surface area contributed by atoms with Crippen molar-refractivity contribution in [3.63, 3.8) is 0 Å². The molecular weight excluding hydrogens is 534 g/mol. The molecule has 4 aromatic rings. The van der Waals surface area contributed by atoms with Gasteiger partial charge in [0.05, 0.1) is 23.4 Å². The van der Waals surface area contributed by atoms with E-state index in [9.17, 15) is 0 Å². The first kappa shape index (κ1) is 26.2. The van der Waals surface area contributed by atoms with Crippen molar-refractivity contribution in [2.24, 2.45) is 0 Å². The second-order valence-corrected chi connectivity index (χ2v) is 11.0. The fourth-order valence-electron chi connectivity index (χ4n) is 4.88. The van der Waals surface area contributed by atoms with Crippen molar-refractivity contribution in [3.05, 3.63) is 69.4 Å². The number of rotatable bonds is 6. The van der Waals surface area contributed by atoms with E-state index in [1.807, 2.05) is 0 Å². The number of ether oxygens (including phenoxy) is 2. The zero-order valence-corrected chi connectivity index (χ0v) is 21.8. The largest absolute Gasteiger partial charge is 0.380 e. The van der Waals surface area contributed by atoms with Gasteiger partial charge in [0.25, 0.3) is 0 Å². The summed E-state index contributed by atoms with van der Waals surface area (Å²) in [6, 6.07) is 13.2. The van der Waals surface area contributed by atoms with Gasteiger partial charge in [-0.3, -0.25) is 0 Å². The molecule has 0 spiro atoms. The maximum atomic E-state index is 15.7. The summed E-state index contributed by atoms with van der Waals surface area (Å²) in [6.07, 6.45) is -1.64. The van der Waals surface area contributed by atoms with Crippen molar-refractivity contribution in [1.82, 2.24) is 0 Å². The maximum absolute atomic E-state index is 15.7. The van der Waals surface area contributed by atoms with Crippen LogP contribution in [0.5, 0.6) is 0 Å². The molecule has 2 atom stereocenters. The van der Waals surface area contributed by atoms with Crippen LogP contribution in [0, 0.1) is 0 Å². The summed E-state index contributed by atoms with van der Waals surface area (Å²) in [5.41, 5.74) is -2.38. The lowest BCUT2D eigenvalue weighted by Crippen LogP contribution is -2.48. The molecule has 0 bridgehead atoms. The molecule has 37 heavy (non-hydrogen) atoms. The molecule has 5 rings (SSSR count). The molecule has 0 saturated heterocycles. The first-order chi connectivity index (χ1) is 17.4. The van der Waals surface area contributed by atoms with Gasteiger partial charge in [0.2, 0.25) is 0 Å². The van der Waals surface area contributed by atoms with Crippen molar-refractivity contribution >= 4 is 54.0 Å². The van der Waals surface area contributed by atoms with Crippen LogP contribution in [-0.4, -0.2) is 32.0 Å². The third kappa shape index (κ3) is 3.52. The molecule has 0 fully saturated rings. The van der Waals surface area contributed by atoms with Crippen LogP contribution in [-0.2, 0) is 9.47 Å². The predicted octanol–water partition coefficient (Wildman–Crippen LogP) is 9.36. The predicted molar refractivity (Wildman–Crippen MR) is 136 cm³/mol. The highest BCUT2D eigenvalue weighted by Crippen LogP contribution is 2.67. The highest BCUT2D eigenvalue weighted by Gasteiger charge is 2.81. The molecule has 0 N–H and O–H groups in total. The van der Waals surface area contributed by atoms with E-state index in [1.165, 1.54) is 14.2 Å². The summed E-state index contributed by atoms with van der Waals surface area (Å²) in [7, 11) is 2.69. The van der Waals surface area contributed by atoms with Gasteiger partial charge in [-0.05, 0) is 36.8 Å². The van der Waals surface area contributed by atoms with Gasteiger partial charge in [-0.1, -0.05) is 36.4 Å². The Morgan fingerprint density at radius 1 is 0.622 bits per heavy atom. The molecule has 0 amide bonds. The second-order valence-electron chi connectivity index (χ2n) is 8.91. The number of halogens is 6. The topological polar surface area (TPSA) is 18.5 Å². The Labute approximate surface area is 217 Å². The van der Waals surface area contributed by atoms with Crippen LogP contribution >= 0.6 is 22.7 Å². The van der Waals surface area contributed by atoms with E-state index >= 15 is 26.3 Å². The summed E-state index contributed by atoms with van der Waals surface area (Å²) in [5, 5.41) is 0.972. The summed E-state index contributed by atoms with van der Waals surface area (Å²) < 4.78 is 105. The van der Waals surface area contributed by atoms with Crippen LogP contribution in [0.4, 0.5) is 26.3 Å². The van der Waals surface area contributed by atoms with Gasteiger partial charge < -0.3 is 9.47 Å². The van der Waals surface area contributed by atoms with Gasteiger partial charge in [-0.2, -0.15) is 26.3 Å². The summed E-state index contributed by atoms with van der Waals surface area (Å²) >= 11 is 1.57. The van der Waals surface area contributed by atoms with Crippen molar-refractivity contribution in [2.75, 3.05) is 14.2 Å². The molecule has 2 nitrogen and oxygen atoms in total. The number of hydrogen-bond donors (Lipinski definition) is 0. The quantitative estimate of drug-likeness (QED) is 0.220. The lowest BCUT2D eigenvalue weighted by Gasteiger charge is -2.26. The minimum Gasteiger partial charge on any atom is -0.377 e. The highest BCUT2D eigenvalue weighted by molar-refractivity contribution is 7.21. The van der Waals surface area contributed by atoms with E-state index in [1.54, 1.807) is 62.4 Å². The Bertz CT molecular complexity index is 1420. The van der Waals surface area contributed by atoms with Crippen LogP contribution in [0.2, 0.25) is 0 Å². The number of thiophene rings is 2. The number of alkyl halides is 6. The molecule has 2 unspecified atom stereocenters. The molecule has 1 aliphatic rings. The molecule has 2 aromatic heterocycles. The highest BCUT2D eigenvalue weighted by atomic mass is 32.1. The zero-order valence-electron chi connectivity index (χ0n) is 20.2. The van der Waals surface area contributed by atoms with Crippen LogP contribution < -0.4 is 0 Å². The Morgan fingerprint density at radius 2 is 0.973 bits per heavy atom. The molecule has 0 saturated carbocycles. The average molecular weight is 557 g/mol. The molecule has 0 radical (unpaired) electrons. The zero-order chi connectivity index (χ0) is 26.9.